The number of carbonyl (C=O) groups excluding carboxylic acids is 1. The van der Waals surface area contributed by atoms with Crippen LogP contribution in [-0.2, 0) is 11.9 Å². The van der Waals surface area contributed by atoms with E-state index in [-0.39, 0.29) is 5.78 Å². The molecule has 5 heteroatoms. The Morgan fingerprint density at radius 1 is 1.40 bits per heavy atom. The summed E-state index contributed by atoms with van der Waals surface area (Å²) in [5, 5.41) is 4.12. The van der Waals surface area contributed by atoms with E-state index in [0.717, 1.165) is 5.56 Å². The lowest BCUT2D eigenvalue weighted by Gasteiger charge is -2.16. The van der Waals surface area contributed by atoms with Crippen molar-refractivity contribution in [2.45, 2.75) is 0 Å². The number of aromatic nitrogens is 2. The van der Waals surface area contributed by atoms with Crippen LogP contribution in [-0.4, -0.2) is 27.7 Å². The maximum Gasteiger partial charge on any atom is 0.212 e. The number of carbonyl (C=O) groups is 1. The molecule has 0 bridgehead atoms. The summed E-state index contributed by atoms with van der Waals surface area (Å²) in [6.45, 7) is 3.89. The molecule has 2 aromatic rings. The number of hydrogen-bond donors (Lipinski definition) is 0. The van der Waals surface area contributed by atoms with Gasteiger partial charge in [0, 0.05) is 18.2 Å². The quantitative estimate of drug-likeness (QED) is 0.414. The fourth-order valence-electron chi connectivity index (χ4n) is 2.26. The largest absolute Gasteiger partial charge is 0.391 e. The van der Waals surface area contributed by atoms with Gasteiger partial charge in [-0.1, -0.05) is 42.1 Å². The van der Waals surface area contributed by atoms with Gasteiger partial charge in [-0.15, -0.1) is 0 Å². The van der Waals surface area contributed by atoms with Crippen LogP contribution in [0.15, 0.2) is 48.4 Å². The molecule has 1 aromatic carbocycles. The standard InChI is InChI=1S/C15H13N3O2/c1-3-8-20-17-12-10-6-4-5-7-11(10)15(19)14-13(12)16-9-18(14)2/h3-7,9H,1,8H2,2H3. The van der Waals surface area contributed by atoms with Crippen LogP contribution in [0.25, 0.3) is 0 Å². The predicted octanol–water partition coefficient (Wildman–Crippen LogP) is 1.92. The highest BCUT2D eigenvalue weighted by Crippen LogP contribution is 2.26. The third-order valence-corrected chi connectivity index (χ3v) is 3.15. The molecule has 1 aliphatic carbocycles. The van der Waals surface area contributed by atoms with Crippen LogP contribution < -0.4 is 0 Å². The van der Waals surface area contributed by atoms with E-state index in [2.05, 4.69) is 16.7 Å². The normalized spacial score (nSPS) is 14.8. The molecule has 0 saturated carbocycles. The number of hydrogen-bond acceptors (Lipinski definition) is 4. The average molecular weight is 267 g/mol. The van der Waals surface area contributed by atoms with Crippen molar-refractivity contribution in [2.75, 3.05) is 6.61 Å². The second-order valence-corrected chi connectivity index (χ2v) is 4.45. The number of oxime groups is 1. The Balaban J connectivity index is 2.20. The lowest BCUT2D eigenvalue weighted by molar-refractivity contribution is 0.102. The molecule has 5 nitrogen and oxygen atoms in total. The minimum absolute atomic E-state index is 0.0433. The number of nitrogens with zero attached hydrogens (tertiary/aromatic N) is 3. The molecule has 0 fully saturated rings. The molecule has 0 radical (unpaired) electrons. The van der Waals surface area contributed by atoms with Crippen molar-refractivity contribution < 1.29 is 9.63 Å². The molecular weight excluding hydrogens is 254 g/mol. The zero-order chi connectivity index (χ0) is 14.1. The maximum absolute atomic E-state index is 12.5. The van der Waals surface area contributed by atoms with Gasteiger partial charge in [0.15, 0.2) is 0 Å². The Morgan fingerprint density at radius 2 is 2.15 bits per heavy atom. The summed E-state index contributed by atoms with van der Waals surface area (Å²) in [4.78, 5) is 22.0. The summed E-state index contributed by atoms with van der Waals surface area (Å²) in [7, 11) is 1.79. The third-order valence-electron chi connectivity index (χ3n) is 3.15. The molecular formula is C15H13N3O2. The van der Waals surface area contributed by atoms with Crippen LogP contribution in [0.4, 0.5) is 0 Å². The van der Waals surface area contributed by atoms with Gasteiger partial charge in [-0.25, -0.2) is 4.98 Å². The SMILES string of the molecule is C=CCON=C1c2ccccc2C(=O)c2c1ncn2C. The number of fused-ring (bicyclic) bond motifs is 2. The molecule has 1 aromatic heterocycles. The van der Waals surface area contributed by atoms with Crippen LogP contribution in [0.5, 0.6) is 0 Å². The Kier molecular flexibility index (Phi) is 2.95. The molecule has 0 N–H and O–H groups in total. The number of imidazole rings is 1. The predicted molar refractivity (Wildman–Crippen MR) is 74.9 cm³/mol. The molecule has 3 rings (SSSR count). The Morgan fingerprint density at radius 3 is 2.90 bits per heavy atom. The fraction of sp³-hybridized carbons (Fsp3) is 0.133. The molecule has 1 heterocycles. The molecule has 0 amide bonds. The first-order valence-corrected chi connectivity index (χ1v) is 6.20. The second kappa shape index (κ2) is 4.77. The second-order valence-electron chi connectivity index (χ2n) is 4.45. The Labute approximate surface area is 116 Å². The molecule has 0 atom stereocenters. The van der Waals surface area contributed by atoms with E-state index in [4.69, 9.17) is 4.84 Å². The van der Waals surface area contributed by atoms with Gasteiger partial charge < -0.3 is 9.40 Å². The first kappa shape index (κ1) is 12.3. The number of benzene rings is 1. The summed E-state index contributed by atoms with van der Waals surface area (Å²) in [6.07, 6.45) is 3.22. The topological polar surface area (TPSA) is 56.5 Å². The average Bonchev–Trinajstić information content (AvgIpc) is 2.85. The summed E-state index contributed by atoms with van der Waals surface area (Å²) >= 11 is 0. The lowest BCUT2D eigenvalue weighted by atomic mass is 9.89. The van der Waals surface area contributed by atoms with Crippen LogP contribution in [0.3, 0.4) is 0 Å². The van der Waals surface area contributed by atoms with E-state index < -0.39 is 0 Å². The highest BCUT2D eigenvalue weighted by atomic mass is 16.6. The van der Waals surface area contributed by atoms with E-state index >= 15 is 0 Å². The highest BCUT2D eigenvalue weighted by Gasteiger charge is 2.32. The Hall–Kier alpha value is -2.69. The third kappa shape index (κ3) is 1.75. The molecule has 0 saturated heterocycles. The van der Waals surface area contributed by atoms with Crippen molar-refractivity contribution in [1.29, 1.82) is 0 Å². The fourth-order valence-corrected chi connectivity index (χ4v) is 2.26. The number of aryl methyl sites for hydroxylation is 1. The zero-order valence-corrected chi connectivity index (χ0v) is 11.0. The van der Waals surface area contributed by atoms with Gasteiger partial charge in [0.25, 0.3) is 0 Å². The van der Waals surface area contributed by atoms with Crippen molar-refractivity contribution in [1.82, 2.24) is 9.55 Å². The molecule has 1 aliphatic rings. The van der Waals surface area contributed by atoms with E-state index in [0.29, 0.717) is 29.3 Å². The number of ketones is 1. The van der Waals surface area contributed by atoms with Crippen LogP contribution in [0.1, 0.15) is 27.3 Å². The first-order valence-electron chi connectivity index (χ1n) is 6.20. The monoisotopic (exact) mass is 267 g/mol. The van der Waals surface area contributed by atoms with Gasteiger partial charge >= 0.3 is 0 Å². The number of rotatable bonds is 3. The maximum atomic E-state index is 12.5. The van der Waals surface area contributed by atoms with Crippen molar-refractivity contribution >= 4 is 11.5 Å². The van der Waals surface area contributed by atoms with Gasteiger partial charge in [-0.05, 0) is 0 Å². The highest BCUT2D eigenvalue weighted by molar-refractivity contribution is 6.28. The van der Waals surface area contributed by atoms with Crippen molar-refractivity contribution in [3.8, 4) is 0 Å². The van der Waals surface area contributed by atoms with E-state index in [9.17, 15) is 4.79 Å². The van der Waals surface area contributed by atoms with E-state index in [1.54, 1.807) is 30.1 Å². The van der Waals surface area contributed by atoms with Gasteiger partial charge in [0.1, 0.15) is 23.7 Å². The molecule has 0 unspecified atom stereocenters. The summed E-state index contributed by atoms with van der Waals surface area (Å²) in [5.74, 6) is -0.0433. The smallest absolute Gasteiger partial charge is 0.212 e. The first-order chi connectivity index (χ1) is 9.74. The van der Waals surface area contributed by atoms with Crippen molar-refractivity contribution in [2.24, 2.45) is 12.2 Å². The summed E-state index contributed by atoms with van der Waals surface area (Å²) < 4.78 is 1.70. The molecule has 20 heavy (non-hydrogen) atoms. The van der Waals surface area contributed by atoms with Crippen molar-refractivity contribution in [3.05, 3.63) is 65.8 Å². The minimum atomic E-state index is -0.0433. The summed E-state index contributed by atoms with van der Waals surface area (Å²) in [6, 6.07) is 7.33. The van der Waals surface area contributed by atoms with Crippen LogP contribution in [0, 0.1) is 0 Å². The Bertz CT molecular complexity index is 728. The molecule has 0 spiro atoms. The zero-order valence-electron chi connectivity index (χ0n) is 11.0. The summed E-state index contributed by atoms with van der Waals surface area (Å²) in [5.41, 5.74) is 3.03. The van der Waals surface area contributed by atoms with Gasteiger partial charge in [-0.2, -0.15) is 0 Å². The van der Waals surface area contributed by atoms with Crippen molar-refractivity contribution in [3.63, 3.8) is 0 Å². The molecule has 100 valence electrons. The van der Waals surface area contributed by atoms with Gasteiger partial charge in [0.05, 0.1) is 6.33 Å². The lowest BCUT2D eigenvalue weighted by Crippen LogP contribution is -2.23. The van der Waals surface area contributed by atoms with Gasteiger partial charge in [-0.3, -0.25) is 4.79 Å². The minimum Gasteiger partial charge on any atom is -0.391 e. The van der Waals surface area contributed by atoms with E-state index in [1.807, 2.05) is 18.2 Å². The van der Waals surface area contributed by atoms with Crippen LogP contribution in [0.2, 0.25) is 0 Å². The van der Waals surface area contributed by atoms with E-state index in [1.165, 1.54) is 0 Å². The van der Waals surface area contributed by atoms with Gasteiger partial charge in [0.2, 0.25) is 5.78 Å². The molecule has 0 aliphatic heterocycles. The van der Waals surface area contributed by atoms with Crippen LogP contribution >= 0.6 is 0 Å².